The number of ether oxygens (including phenoxy) is 3. The van der Waals surface area contributed by atoms with Crippen LogP contribution in [0.4, 0.5) is 48.9 Å². The molecule has 3 heterocycles. The van der Waals surface area contributed by atoms with Crippen molar-refractivity contribution in [3.8, 4) is 34.9 Å². The lowest BCUT2D eigenvalue weighted by molar-refractivity contribution is 0.215. The van der Waals surface area contributed by atoms with Gasteiger partial charge in [0.2, 0.25) is 17.6 Å². The minimum absolute atomic E-state index is 0.164. The maximum absolute atomic E-state index is 11.5. The Morgan fingerprint density at radius 1 is 0.549 bits per heavy atom. The molecule has 0 saturated carbocycles. The number of benzene rings is 3. The van der Waals surface area contributed by atoms with Crippen LogP contribution in [0.2, 0.25) is 5.02 Å². The fourth-order valence-electron chi connectivity index (χ4n) is 5.03. The topological polar surface area (TPSA) is 371 Å². The molecule has 0 fully saturated rings. The van der Waals surface area contributed by atoms with Crippen molar-refractivity contribution < 1.29 is 43.1 Å². The number of carbonyl (C=O) groups excluding carboxylic acids is 3. The fraction of sp³-hybridized carbons (Fsp3) is 0.163. The Balaban J connectivity index is 0.000000231. The summed E-state index contributed by atoms with van der Waals surface area (Å²) in [6, 6.07) is 17.4. The molecule has 28 heteroatoms. The second-order valence-corrected chi connectivity index (χ2v) is 13.5. The molecule has 0 aliphatic carbocycles. The minimum atomic E-state index is -0.360. The van der Waals surface area contributed by atoms with Crippen LogP contribution in [-0.4, -0.2) is 109 Å². The van der Waals surface area contributed by atoms with Gasteiger partial charge in [0.25, 0.3) is 0 Å². The third-order valence-electron chi connectivity index (χ3n) is 8.34. The number of carbonyl (C=O) groups is 3. The zero-order chi connectivity index (χ0) is 51.5. The van der Waals surface area contributed by atoms with Gasteiger partial charge in [-0.1, -0.05) is 27.1 Å². The summed E-state index contributed by atoms with van der Waals surface area (Å²) >= 11 is 6.17. The van der Waals surface area contributed by atoms with Crippen LogP contribution in [0.1, 0.15) is 23.6 Å². The maximum Gasteiger partial charge on any atom is 0.319 e. The Bertz CT molecular complexity index is 2790. The molecule has 3 aromatic carbocycles. The second kappa shape index (κ2) is 28.4. The van der Waals surface area contributed by atoms with Crippen molar-refractivity contribution >= 4 is 82.9 Å². The SMILES string of the molecule is CCNC(=O)Nc1ccc(Oc2ncnc(N)c2/C=N/OC)cc1.CNC(=O)Nc1ccc(Oc2ncnc(N)c2/C=N/OC)c(Cl)c1.CNC(=O)Nc1ccc(Oc2ncnc(N)c2/C=N/OC)cc1. The molecule has 6 amide bonds. The highest BCUT2D eigenvalue weighted by molar-refractivity contribution is 6.32. The highest BCUT2D eigenvalue weighted by atomic mass is 35.5. The molecule has 12 N–H and O–H groups in total. The summed E-state index contributed by atoms with van der Waals surface area (Å²) in [5, 5.41) is 26.7. The predicted octanol–water partition coefficient (Wildman–Crippen LogP) is 5.79. The van der Waals surface area contributed by atoms with Gasteiger partial charge in [0.15, 0.2) is 0 Å². The van der Waals surface area contributed by atoms with E-state index < -0.39 is 0 Å². The molecule has 0 bridgehead atoms. The van der Waals surface area contributed by atoms with Crippen LogP contribution in [0.5, 0.6) is 34.9 Å². The standard InChI is InChI=1S/C15H18N6O3.C14H15ClN6O3.C14H16N6O3/c1-3-17-15(22)21-10-4-6-11(7-5-10)24-14-12(8-20-23-2)13(16)18-9-19-14;1-17-14(22)21-8-3-4-11(10(15)5-8)24-13-9(6-20-23-2)12(16)18-7-19-13;1-16-14(21)20-9-3-5-10(6-4-9)23-13-11(7-19-22-2)12(15)17-8-18-13/h4-9H,3H2,1-2H3,(H2,16,18,19)(H2,17,21,22);3-7H,1-2H3,(H2,16,18,19)(H2,17,21,22);3-8H,1-2H3,(H2,15,17,18)(H2,16,20,21)/b20-8+;20-6+;19-7+. The van der Waals surface area contributed by atoms with Gasteiger partial charge in [-0.15, -0.1) is 0 Å². The third-order valence-corrected chi connectivity index (χ3v) is 8.63. The van der Waals surface area contributed by atoms with Crippen LogP contribution >= 0.6 is 11.6 Å². The van der Waals surface area contributed by atoms with Crippen molar-refractivity contribution in [3.05, 3.63) is 107 Å². The van der Waals surface area contributed by atoms with Gasteiger partial charge in [0.1, 0.15) is 91.7 Å². The molecule has 372 valence electrons. The number of rotatable bonds is 16. The quantitative estimate of drug-likeness (QED) is 0.0409. The van der Waals surface area contributed by atoms with Crippen molar-refractivity contribution in [2.75, 3.05) is 75.1 Å². The summed E-state index contributed by atoms with van der Waals surface area (Å²) < 4.78 is 17.0. The first-order chi connectivity index (χ1) is 34.3. The molecule has 71 heavy (non-hydrogen) atoms. The van der Waals surface area contributed by atoms with Crippen LogP contribution in [0.25, 0.3) is 0 Å². The average molecular weight is 997 g/mol. The summed E-state index contributed by atoms with van der Waals surface area (Å²) in [6.45, 7) is 2.39. The van der Waals surface area contributed by atoms with Crippen molar-refractivity contribution in [2.45, 2.75) is 6.92 Å². The number of hydrogen-bond acceptors (Lipinski definition) is 21. The van der Waals surface area contributed by atoms with Crippen LogP contribution < -0.4 is 63.3 Å². The fourth-order valence-corrected chi connectivity index (χ4v) is 5.24. The smallest absolute Gasteiger partial charge is 0.319 e. The van der Waals surface area contributed by atoms with Gasteiger partial charge >= 0.3 is 18.1 Å². The Morgan fingerprint density at radius 2 is 0.915 bits per heavy atom. The molecule has 27 nitrogen and oxygen atoms in total. The van der Waals surface area contributed by atoms with E-state index in [-0.39, 0.29) is 58.2 Å². The van der Waals surface area contributed by atoms with Gasteiger partial charge in [0, 0.05) is 37.7 Å². The average Bonchev–Trinajstić information content (AvgIpc) is 3.36. The second-order valence-electron chi connectivity index (χ2n) is 13.1. The number of hydrogen-bond donors (Lipinski definition) is 9. The lowest BCUT2D eigenvalue weighted by Gasteiger charge is -2.11. The molecule has 0 spiro atoms. The third kappa shape index (κ3) is 17.4. The van der Waals surface area contributed by atoms with E-state index in [1.54, 1.807) is 66.7 Å². The first kappa shape index (κ1) is 53.8. The van der Waals surface area contributed by atoms with Gasteiger partial charge in [-0.2, -0.15) is 0 Å². The number of oxime groups is 3. The number of nitrogen functional groups attached to an aromatic ring is 3. The van der Waals surface area contributed by atoms with Crippen LogP contribution in [0.15, 0.2) is 101 Å². The van der Waals surface area contributed by atoms with Crippen LogP contribution in [-0.2, 0) is 14.5 Å². The van der Waals surface area contributed by atoms with Crippen molar-refractivity contribution in [3.63, 3.8) is 0 Å². The zero-order valence-corrected chi connectivity index (χ0v) is 39.6. The van der Waals surface area contributed by atoms with Gasteiger partial charge in [-0.05, 0) is 73.7 Å². The summed E-state index contributed by atoms with van der Waals surface area (Å²) in [6.07, 6.45) is 7.91. The van der Waals surface area contributed by atoms with E-state index in [0.29, 0.717) is 57.5 Å². The van der Waals surface area contributed by atoms with E-state index in [2.05, 4.69) is 91.8 Å². The zero-order valence-electron chi connectivity index (χ0n) is 38.8. The molecule has 6 rings (SSSR count). The number of halogens is 1. The van der Waals surface area contributed by atoms with E-state index in [9.17, 15) is 14.4 Å². The number of anilines is 6. The number of amides is 6. The highest BCUT2D eigenvalue weighted by Crippen LogP contribution is 2.33. The Kier molecular flexibility index (Phi) is 21.5. The first-order valence-corrected chi connectivity index (χ1v) is 20.8. The summed E-state index contributed by atoms with van der Waals surface area (Å²) in [7, 11) is 7.27. The largest absolute Gasteiger partial charge is 0.438 e. The molecule has 0 aliphatic heterocycles. The molecule has 3 aromatic heterocycles. The summed E-state index contributed by atoms with van der Waals surface area (Å²) in [4.78, 5) is 71.6. The summed E-state index contributed by atoms with van der Waals surface area (Å²) in [5.74, 6) is 2.61. The minimum Gasteiger partial charge on any atom is -0.438 e. The van der Waals surface area contributed by atoms with Gasteiger partial charge in [-0.3, -0.25) is 0 Å². The first-order valence-electron chi connectivity index (χ1n) is 20.4. The molecular formula is C43H49ClN18O9. The molecule has 6 aromatic rings. The normalized spacial score (nSPS) is 10.4. The Morgan fingerprint density at radius 3 is 1.28 bits per heavy atom. The molecule has 0 atom stereocenters. The molecule has 0 radical (unpaired) electrons. The van der Waals surface area contributed by atoms with Gasteiger partial charge in [-0.25, -0.2) is 44.3 Å². The molecule has 0 unspecified atom stereocenters. The van der Waals surface area contributed by atoms with E-state index in [1.807, 2.05) is 6.92 Å². The number of aromatic nitrogens is 6. The van der Waals surface area contributed by atoms with Crippen molar-refractivity contribution in [1.82, 2.24) is 45.9 Å². The number of nitrogens with one attached hydrogen (secondary N) is 6. The van der Waals surface area contributed by atoms with Gasteiger partial charge in [0.05, 0.1) is 23.7 Å². The van der Waals surface area contributed by atoms with Crippen LogP contribution in [0.3, 0.4) is 0 Å². The Hall–Kier alpha value is -9.79. The van der Waals surface area contributed by atoms with Crippen molar-refractivity contribution in [1.29, 1.82) is 0 Å². The van der Waals surface area contributed by atoms with Gasteiger partial charge < -0.3 is 77.8 Å². The molecule has 0 aliphatic rings. The predicted molar refractivity (Wildman–Crippen MR) is 267 cm³/mol. The molecular weight excluding hydrogens is 948 g/mol. The van der Waals surface area contributed by atoms with E-state index in [0.717, 1.165) is 0 Å². The lowest BCUT2D eigenvalue weighted by atomic mass is 10.3. The van der Waals surface area contributed by atoms with Crippen LogP contribution in [0, 0.1) is 0 Å². The monoisotopic (exact) mass is 996 g/mol. The Labute approximate surface area is 410 Å². The van der Waals surface area contributed by atoms with E-state index in [4.69, 9.17) is 43.0 Å². The lowest BCUT2D eigenvalue weighted by Crippen LogP contribution is -2.28. The maximum atomic E-state index is 11.5. The number of nitrogens with two attached hydrogens (primary N) is 3. The van der Waals surface area contributed by atoms with E-state index >= 15 is 0 Å². The number of nitrogens with zero attached hydrogens (tertiary/aromatic N) is 9. The van der Waals surface area contributed by atoms with E-state index in [1.165, 1.54) is 73.1 Å². The highest BCUT2D eigenvalue weighted by Gasteiger charge is 2.15. The number of urea groups is 3. The molecule has 0 saturated heterocycles. The van der Waals surface area contributed by atoms with Crippen molar-refractivity contribution in [2.24, 2.45) is 15.5 Å². The summed E-state index contributed by atoms with van der Waals surface area (Å²) in [5.41, 5.74) is 20.3.